The van der Waals surface area contributed by atoms with E-state index in [0.717, 1.165) is 18.4 Å². The second kappa shape index (κ2) is 9.80. The number of rotatable bonds is 1. The lowest BCUT2D eigenvalue weighted by Gasteiger charge is -2.58. The monoisotopic (exact) mass is 514 g/mol. The first-order valence-electron chi connectivity index (χ1n) is 13.3. The Hall–Kier alpha value is -2.26. The lowest BCUT2D eigenvalue weighted by atomic mass is 9.51. The first-order chi connectivity index (χ1) is 17.6. The number of allylic oxidation sites excluding steroid dienone is 3. The Balaban J connectivity index is 1.51. The van der Waals surface area contributed by atoms with Crippen LogP contribution >= 0.6 is 0 Å². The van der Waals surface area contributed by atoms with E-state index in [2.05, 4.69) is 19.9 Å². The smallest absolute Gasteiger partial charge is 0.331 e. The molecule has 3 heterocycles. The average molecular weight is 515 g/mol. The molecule has 8 heteroatoms. The van der Waals surface area contributed by atoms with Gasteiger partial charge in [-0.2, -0.15) is 0 Å². The molecule has 0 radical (unpaired) electrons. The Labute approximate surface area is 218 Å². The van der Waals surface area contributed by atoms with Crippen LogP contribution in [0, 0.1) is 10.8 Å². The number of carbonyl (C=O) groups excluding carboxylic acids is 2. The molecule has 0 aromatic heterocycles. The summed E-state index contributed by atoms with van der Waals surface area (Å²) < 4.78 is 30.6. The maximum atomic E-state index is 12.9. The van der Waals surface area contributed by atoms with E-state index in [-0.39, 0.29) is 18.8 Å². The second-order valence-corrected chi connectivity index (χ2v) is 11.4. The molecule has 2 spiro atoms. The van der Waals surface area contributed by atoms with E-state index in [0.29, 0.717) is 26.1 Å². The Bertz CT molecular complexity index is 1050. The van der Waals surface area contributed by atoms with E-state index in [1.807, 2.05) is 6.92 Å². The molecule has 5 aliphatic rings. The van der Waals surface area contributed by atoms with Gasteiger partial charge in [0.25, 0.3) is 0 Å². The molecule has 2 bridgehead atoms. The molecule has 3 aliphatic heterocycles. The van der Waals surface area contributed by atoms with Crippen molar-refractivity contribution in [2.45, 2.75) is 89.5 Å². The van der Waals surface area contributed by atoms with E-state index in [1.54, 1.807) is 25.2 Å². The van der Waals surface area contributed by atoms with Crippen LogP contribution in [0.2, 0.25) is 0 Å². The van der Waals surface area contributed by atoms with Crippen LogP contribution in [0.5, 0.6) is 0 Å². The van der Waals surface area contributed by atoms with Crippen LogP contribution in [0.1, 0.15) is 53.4 Å². The molecule has 2 aliphatic carbocycles. The highest BCUT2D eigenvalue weighted by Crippen LogP contribution is 2.72. The number of hydrogen-bond donors (Lipinski definition) is 1. The summed E-state index contributed by atoms with van der Waals surface area (Å²) in [5.74, 6) is -0.879. The van der Waals surface area contributed by atoms with Gasteiger partial charge >= 0.3 is 11.9 Å². The lowest BCUT2D eigenvalue weighted by molar-refractivity contribution is -0.232. The maximum Gasteiger partial charge on any atom is 0.331 e. The summed E-state index contributed by atoms with van der Waals surface area (Å²) in [5, 5.41) is 10.0. The molecule has 5 rings (SSSR count). The Kier molecular flexibility index (Phi) is 6.98. The van der Waals surface area contributed by atoms with Gasteiger partial charge in [-0.25, -0.2) is 9.59 Å². The summed E-state index contributed by atoms with van der Waals surface area (Å²) in [5.41, 5.74) is 0.318. The number of aliphatic hydroxyl groups is 1. The van der Waals surface area contributed by atoms with Gasteiger partial charge in [0.2, 0.25) is 0 Å². The van der Waals surface area contributed by atoms with Crippen LogP contribution in [-0.2, 0) is 33.3 Å². The van der Waals surface area contributed by atoms with Crippen LogP contribution in [0.3, 0.4) is 0 Å². The van der Waals surface area contributed by atoms with E-state index in [1.165, 1.54) is 17.7 Å². The Morgan fingerprint density at radius 2 is 1.84 bits per heavy atom. The molecule has 2 saturated heterocycles. The third-order valence-electron chi connectivity index (χ3n) is 9.24. The topological polar surface area (TPSA) is 104 Å². The Morgan fingerprint density at radius 1 is 1.05 bits per heavy atom. The first kappa shape index (κ1) is 26.4. The van der Waals surface area contributed by atoms with Crippen molar-refractivity contribution in [2.75, 3.05) is 19.8 Å². The van der Waals surface area contributed by atoms with Gasteiger partial charge in [-0.3, -0.25) is 0 Å². The minimum Gasteiger partial charge on any atom is -0.462 e. The fourth-order valence-electron chi connectivity index (χ4n) is 6.85. The van der Waals surface area contributed by atoms with Crippen molar-refractivity contribution in [1.82, 2.24) is 0 Å². The van der Waals surface area contributed by atoms with Crippen molar-refractivity contribution in [3.63, 3.8) is 0 Å². The summed E-state index contributed by atoms with van der Waals surface area (Å²) in [4.78, 5) is 25.9. The van der Waals surface area contributed by atoms with Gasteiger partial charge in [0.05, 0.1) is 36.9 Å². The maximum absolute atomic E-state index is 12.9. The summed E-state index contributed by atoms with van der Waals surface area (Å²) in [6.45, 7) is 8.73. The highest BCUT2D eigenvalue weighted by atomic mass is 16.6. The molecule has 0 aromatic carbocycles. The molecular formula is C29H38O8. The van der Waals surface area contributed by atoms with Gasteiger partial charge in [-0.1, -0.05) is 42.4 Å². The van der Waals surface area contributed by atoms with Gasteiger partial charge < -0.3 is 28.8 Å². The SMILES string of the molecule is CC1=CC(=O)OC[C@]23CCC(C)=C[C@H]2O[C@@H]2CC(OC(=O)C=CC=C[C@H]([C@@H](C)O)OCC1)[C@@]3(C)[C@]21CO1. The lowest BCUT2D eigenvalue weighted by Crippen LogP contribution is -2.66. The third-order valence-corrected chi connectivity index (χ3v) is 9.24. The van der Waals surface area contributed by atoms with Crippen molar-refractivity contribution in [3.8, 4) is 0 Å². The van der Waals surface area contributed by atoms with Gasteiger partial charge in [-0.15, -0.1) is 0 Å². The molecule has 3 fully saturated rings. The number of aliphatic hydroxyl groups excluding tert-OH is 1. The minimum absolute atomic E-state index is 0.144. The summed E-state index contributed by atoms with van der Waals surface area (Å²) in [6, 6.07) is 0. The zero-order chi connectivity index (χ0) is 26.4. The number of epoxide rings is 1. The largest absolute Gasteiger partial charge is 0.462 e. The molecule has 0 aromatic rings. The Morgan fingerprint density at radius 3 is 2.57 bits per heavy atom. The van der Waals surface area contributed by atoms with Crippen LogP contribution in [0.4, 0.5) is 0 Å². The molecule has 37 heavy (non-hydrogen) atoms. The first-order valence-corrected chi connectivity index (χ1v) is 13.3. The van der Waals surface area contributed by atoms with Gasteiger partial charge in [0.1, 0.15) is 24.4 Å². The number of hydrogen-bond acceptors (Lipinski definition) is 8. The number of carbonyl (C=O) groups is 2. The zero-order valence-electron chi connectivity index (χ0n) is 22.1. The number of cyclic esters (lactones) is 1. The average Bonchev–Trinajstić information content (AvgIpc) is 3.61. The molecule has 8 nitrogen and oxygen atoms in total. The van der Waals surface area contributed by atoms with Crippen molar-refractivity contribution in [2.24, 2.45) is 10.8 Å². The highest BCUT2D eigenvalue weighted by molar-refractivity contribution is 5.83. The fraction of sp³-hybridized carbons (Fsp3) is 0.655. The zero-order valence-corrected chi connectivity index (χ0v) is 22.1. The number of ether oxygens (including phenoxy) is 5. The summed E-state index contributed by atoms with van der Waals surface area (Å²) in [6.07, 6.45) is 10.5. The number of esters is 2. The minimum atomic E-state index is -0.735. The summed E-state index contributed by atoms with van der Waals surface area (Å²) in [7, 11) is 0. The van der Waals surface area contributed by atoms with Gasteiger partial charge in [0.15, 0.2) is 0 Å². The quantitative estimate of drug-likeness (QED) is 0.323. The van der Waals surface area contributed by atoms with Crippen LogP contribution in [0.15, 0.2) is 47.6 Å². The van der Waals surface area contributed by atoms with Crippen molar-refractivity contribution >= 4 is 11.9 Å². The standard InChI is InChI=1S/C29H38O8/c1-18-9-11-28-16-34-26(32)14-19(2)10-12-33-21(20(3)30)7-5-6-8-25(31)37-22-15-24(36-23(28)13-18)29(17-35-29)27(22,28)4/h5-8,13-14,20-24,30H,9-12,15-17H2,1-4H3/t20-,21-,22?,23-,24-,27-,28-,29+/m1/s1. The van der Waals surface area contributed by atoms with Crippen LogP contribution in [-0.4, -0.2) is 73.0 Å². The predicted molar refractivity (Wildman–Crippen MR) is 134 cm³/mol. The highest BCUT2D eigenvalue weighted by Gasteiger charge is 2.83. The van der Waals surface area contributed by atoms with Crippen molar-refractivity contribution < 1.29 is 38.4 Å². The summed E-state index contributed by atoms with van der Waals surface area (Å²) >= 11 is 0. The van der Waals surface area contributed by atoms with Crippen molar-refractivity contribution in [3.05, 3.63) is 47.6 Å². The normalized spacial score (nSPS) is 43.1. The van der Waals surface area contributed by atoms with Gasteiger partial charge in [-0.05, 0) is 40.0 Å². The second-order valence-electron chi connectivity index (χ2n) is 11.4. The van der Waals surface area contributed by atoms with Gasteiger partial charge in [0, 0.05) is 24.0 Å². The van der Waals surface area contributed by atoms with E-state index in [9.17, 15) is 14.7 Å². The van der Waals surface area contributed by atoms with E-state index < -0.39 is 46.7 Å². The molecule has 0 amide bonds. The molecule has 8 atom stereocenters. The van der Waals surface area contributed by atoms with E-state index in [4.69, 9.17) is 23.7 Å². The predicted octanol–water partition coefficient (Wildman–Crippen LogP) is 3.34. The fourth-order valence-corrected chi connectivity index (χ4v) is 6.85. The van der Waals surface area contributed by atoms with Crippen molar-refractivity contribution in [1.29, 1.82) is 0 Å². The molecule has 1 saturated carbocycles. The molecular weight excluding hydrogens is 476 g/mol. The van der Waals surface area contributed by atoms with Crippen LogP contribution in [0.25, 0.3) is 0 Å². The van der Waals surface area contributed by atoms with E-state index >= 15 is 0 Å². The van der Waals surface area contributed by atoms with Crippen LogP contribution < -0.4 is 0 Å². The third kappa shape index (κ3) is 4.42. The molecule has 1 unspecified atom stereocenters. The molecule has 202 valence electrons. The molecule has 1 N–H and O–H groups in total.